The van der Waals surface area contributed by atoms with Crippen molar-refractivity contribution in [3.05, 3.63) is 40.3 Å². The molecule has 1 fully saturated rings. The van der Waals surface area contributed by atoms with Crippen molar-refractivity contribution in [1.29, 1.82) is 0 Å². The molecular formula is C19H22N2O3S. The van der Waals surface area contributed by atoms with E-state index >= 15 is 0 Å². The molecule has 25 heavy (non-hydrogen) atoms. The molecule has 3 heterocycles. The number of ether oxygens (including phenoxy) is 2. The normalized spacial score (nSPS) is 21.0. The van der Waals surface area contributed by atoms with Crippen molar-refractivity contribution in [2.75, 3.05) is 19.8 Å². The average Bonchev–Trinajstić information content (AvgIpc) is 3.21. The standard InChI is InChI=1S/C19H22N2O3S/c1-13(14-5-6-16-17(12-14)24-10-9-23-16)19(22)21-8-3-2-4-15(21)18-20-7-11-25-18/h5-7,11-13,15H,2-4,8-10H2,1H3. The number of likely N-dealkylation sites (tertiary alicyclic amines) is 1. The zero-order chi connectivity index (χ0) is 17.2. The summed E-state index contributed by atoms with van der Waals surface area (Å²) in [7, 11) is 0. The maximum atomic E-state index is 13.2. The predicted molar refractivity (Wildman–Crippen MR) is 96.3 cm³/mol. The minimum atomic E-state index is -0.212. The van der Waals surface area contributed by atoms with Gasteiger partial charge in [0.05, 0.1) is 12.0 Å². The molecule has 132 valence electrons. The highest BCUT2D eigenvalue weighted by Gasteiger charge is 2.32. The molecule has 0 radical (unpaired) electrons. The Morgan fingerprint density at radius 2 is 2.12 bits per heavy atom. The monoisotopic (exact) mass is 358 g/mol. The van der Waals surface area contributed by atoms with E-state index in [1.165, 1.54) is 0 Å². The van der Waals surface area contributed by atoms with E-state index in [1.54, 1.807) is 11.3 Å². The van der Waals surface area contributed by atoms with Gasteiger partial charge in [-0.25, -0.2) is 4.98 Å². The number of fused-ring (bicyclic) bond motifs is 1. The van der Waals surface area contributed by atoms with Crippen LogP contribution in [-0.4, -0.2) is 35.5 Å². The molecule has 2 aliphatic rings. The molecule has 6 heteroatoms. The maximum Gasteiger partial charge on any atom is 0.230 e. The quantitative estimate of drug-likeness (QED) is 0.838. The first kappa shape index (κ1) is 16.4. The third kappa shape index (κ3) is 3.23. The number of carbonyl (C=O) groups excluding carboxylic acids is 1. The number of amides is 1. The molecule has 1 aromatic heterocycles. The smallest absolute Gasteiger partial charge is 0.230 e. The molecule has 0 saturated carbocycles. The number of hydrogen-bond acceptors (Lipinski definition) is 5. The van der Waals surface area contributed by atoms with Crippen LogP contribution < -0.4 is 9.47 Å². The van der Waals surface area contributed by atoms with Crippen LogP contribution in [0.2, 0.25) is 0 Å². The molecular weight excluding hydrogens is 336 g/mol. The number of carbonyl (C=O) groups is 1. The third-order valence-corrected chi connectivity index (χ3v) is 5.84. The van der Waals surface area contributed by atoms with Crippen LogP contribution in [0.25, 0.3) is 0 Å². The van der Waals surface area contributed by atoms with Gasteiger partial charge in [0.15, 0.2) is 11.5 Å². The number of rotatable bonds is 3. The van der Waals surface area contributed by atoms with Gasteiger partial charge in [-0.05, 0) is 43.9 Å². The zero-order valence-electron chi connectivity index (χ0n) is 14.3. The van der Waals surface area contributed by atoms with E-state index in [4.69, 9.17) is 9.47 Å². The van der Waals surface area contributed by atoms with Crippen molar-refractivity contribution in [2.45, 2.75) is 38.1 Å². The van der Waals surface area contributed by atoms with Crippen molar-refractivity contribution >= 4 is 17.2 Å². The molecule has 5 nitrogen and oxygen atoms in total. The Morgan fingerprint density at radius 1 is 1.28 bits per heavy atom. The largest absolute Gasteiger partial charge is 0.486 e. The van der Waals surface area contributed by atoms with E-state index in [9.17, 15) is 4.79 Å². The van der Waals surface area contributed by atoms with Crippen molar-refractivity contribution in [1.82, 2.24) is 9.88 Å². The summed E-state index contributed by atoms with van der Waals surface area (Å²) >= 11 is 1.64. The highest BCUT2D eigenvalue weighted by atomic mass is 32.1. The summed E-state index contributed by atoms with van der Waals surface area (Å²) in [4.78, 5) is 19.7. The fourth-order valence-electron chi connectivity index (χ4n) is 3.57. The van der Waals surface area contributed by atoms with Crippen molar-refractivity contribution in [2.24, 2.45) is 0 Å². The van der Waals surface area contributed by atoms with Crippen molar-refractivity contribution in [3.8, 4) is 11.5 Å². The lowest BCUT2D eigenvalue weighted by Gasteiger charge is -2.36. The fourth-order valence-corrected chi connectivity index (χ4v) is 4.36. The second-order valence-corrected chi connectivity index (χ2v) is 7.46. The molecule has 0 spiro atoms. The summed E-state index contributed by atoms with van der Waals surface area (Å²) in [5, 5.41) is 3.03. The van der Waals surface area contributed by atoms with E-state index in [2.05, 4.69) is 4.98 Å². The number of aromatic nitrogens is 1. The molecule has 4 rings (SSSR count). The van der Waals surface area contributed by atoms with E-state index in [0.29, 0.717) is 13.2 Å². The fraction of sp³-hybridized carbons (Fsp3) is 0.474. The van der Waals surface area contributed by atoms with Gasteiger partial charge < -0.3 is 14.4 Å². The van der Waals surface area contributed by atoms with Gasteiger partial charge in [0.1, 0.15) is 18.2 Å². The maximum absolute atomic E-state index is 13.2. The average molecular weight is 358 g/mol. The van der Waals surface area contributed by atoms with E-state index in [1.807, 2.05) is 41.6 Å². The van der Waals surface area contributed by atoms with E-state index in [0.717, 1.165) is 47.9 Å². The van der Waals surface area contributed by atoms with Crippen LogP contribution in [0, 0.1) is 0 Å². The molecule has 1 saturated heterocycles. The zero-order valence-corrected chi connectivity index (χ0v) is 15.1. The summed E-state index contributed by atoms with van der Waals surface area (Å²) in [6.07, 6.45) is 5.02. The van der Waals surface area contributed by atoms with Crippen LogP contribution in [-0.2, 0) is 4.79 Å². The lowest BCUT2D eigenvalue weighted by atomic mass is 9.95. The molecule has 0 aliphatic carbocycles. The summed E-state index contributed by atoms with van der Waals surface area (Å²) in [5.41, 5.74) is 0.970. The minimum Gasteiger partial charge on any atom is -0.486 e. The van der Waals surface area contributed by atoms with E-state index in [-0.39, 0.29) is 17.9 Å². The molecule has 2 atom stereocenters. The van der Waals surface area contributed by atoms with Crippen LogP contribution in [0.3, 0.4) is 0 Å². The second-order valence-electron chi connectivity index (χ2n) is 6.54. The number of piperidine rings is 1. The van der Waals surface area contributed by atoms with Gasteiger partial charge >= 0.3 is 0 Å². The Hall–Kier alpha value is -2.08. The van der Waals surface area contributed by atoms with Crippen LogP contribution in [0.4, 0.5) is 0 Å². The number of benzene rings is 1. The number of nitrogens with zero attached hydrogens (tertiary/aromatic N) is 2. The first-order valence-corrected chi connectivity index (χ1v) is 9.71. The van der Waals surface area contributed by atoms with Gasteiger partial charge in [0.25, 0.3) is 0 Å². The Morgan fingerprint density at radius 3 is 2.92 bits per heavy atom. The van der Waals surface area contributed by atoms with Gasteiger partial charge in [-0.2, -0.15) is 0 Å². The Balaban J connectivity index is 1.56. The first-order valence-electron chi connectivity index (χ1n) is 8.83. The predicted octanol–water partition coefficient (Wildman–Crippen LogP) is 3.77. The lowest BCUT2D eigenvalue weighted by molar-refractivity contribution is -0.136. The number of thiazole rings is 1. The highest BCUT2D eigenvalue weighted by molar-refractivity contribution is 7.09. The summed E-state index contributed by atoms with van der Waals surface area (Å²) in [5.74, 6) is 1.44. The Labute approximate surface area is 151 Å². The lowest BCUT2D eigenvalue weighted by Crippen LogP contribution is -2.40. The summed E-state index contributed by atoms with van der Waals surface area (Å²) < 4.78 is 11.2. The van der Waals surface area contributed by atoms with Gasteiger partial charge in [-0.1, -0.05) is 6.07 Å². The van der Waals surface area contributed by atoms with Crippen molar-refractivity contribution in [3.63, 3.8) is 0 Å². The SMILES string of the molecule is CC(C(=O)N1CCCCC1c1nccs1)c1ccc2c(c1)OCCO2. The van der Waals surface area contributed by atoms with Gasteiger partial charge in [0.2, 0.25) is 5.91 Å². The third-order valence-electron chi connectivity index (χ3n) is 4.96. The molecule has 2 aliphatic heterocycles. The topological polar surface area (TPSA) is 51.7 Å². The van der Waals surface area contributed by atoms with Gasteiger partial charge in [-0.15, -0.1) is 11.3 Å². The Kier molecular flexibility index (Phi) is 4.61. The highest BCUT2D eigenvalue weighted by Crippen LogP contribution is 2.37. The van der Waals surface area contributed by atoms with Crippen LogP contribution in [0.1, 0.15) is 48.7 Å². The molecule has 0 N–H and O–H groups in total. The minimum absolute atomic E-state index is 0.112. The van der Waals surface area contributed by atoms with Gasteiger partial charge in [-0.3, -0.25) is 4.79 Å². The number of hydrogen-bond donors (Lipinski definition) is 0. The Bertz CT molecular complexity index is 747. The molecule has 2 aromatic rings. The molecule has 1 amide bonds. The van der Waals surface area contributed by atoms with E-state index < -0.39 is 0 Å². The van der Waals surface area contributed by atoms with Crippen LogP contribution in [0.15, 0.2) is 29.8 Å². The summed E-state index contributed by atoms with van der Waals surface area (Å²) in [6.45, 7) is 3.90. The molecule has 0 bridgehead atoms. The molecule has 2 unspecified atom stereocenters. The summed E-state index contributed by atoms with van der Waals surface area (Å²) in [6, 6.07) is 5.93. The van der Waals surface area contributed by atoms with Crippen molar-refractivity contribution < 1.29 is 14.3 Å². The van der Waals surface area contributed by atoms with Crippen LogP contribution in [0.5, 0.6) is 11.5 Å². The second kappa shape index (κ2) is 7.04. The van der Waals surface area contributed by atoms with Gasteiger partial charge in [0, 0.05) is 18.1 Å². The first-order chi connectivity index (χ1) is 12.2. The van der Waals surface area contributed by atoms with Crippen LogP contribution >= 0.6 is 11.3 Å². The molecule has 1 aromatic carbocycles.